The molecule has 0 amide bonds. The second-order valence-corrected chi connectivity index (χ2v) is 13.1. The highest BCUT2D eigenvalue weighted by Crippen LogP contribution is 2.23. The van der Waals surface area contributed by atoms with Gasteiger partial charge in [0.1, 0.15) is 0 Å². The third-order valence-electron chi connectivity index (χ3n) is 9.08. The van der Waals surface area contributed by atoms with Gasteiger partial charge < -0.3 is 0 Å². The molecule has 6 heteroatoms. The zero-order chi connectivity index (χ0) is 33.2. The molecule has 48 heavy (non-hydrogen) atoms. The fraction of sp³-hybridized carbons (Fsp3) is 0.476. The molecule has 3 aromatic rings. The first-order valence-corrected chi connectivity index (χ1v) is 18.4. The topological polar surface area (TPSA) is 55.9 Å². The van der Waals surface area contributed by atoms with Crippen LogP contribution in [0.2, 0.25) is 0 Å². The lowest BCUT2D eigenvalue weighted by molar-refractivity contribution is 0.336. The van der Waals surface area contributed by atoms with Crippen molar-refractivity contribution in [1.82, 2.24) is 10.0 Å². The van der Waals surface area contributed by atoms with Crippen molar-refractivity contribution in [1.29, 1.82) is 0 Å². The van der Waals surface area contributed by atoms with E-state index in [4.69, 9.17) is 0 Å². The third kappa shape index (κ3) is 11.4. The Morgan fingerprint density at radius 3 is 1.27 bits per heavy atom. The average molecular weight is 641 g/mol. The molecule has 0 N–H and O–H groups in total. The summed E-state index contributed by atoms with van der Waals surface area (Å²) in [6.07, 6.45) is 16.6. The van der Waals surface area contributed by atoms with Gasteiger partial charge in [-0.15, -0.1) is 10.2 Å². The highest BCUT2D eigenvalue weighted by Gasteiger charge is 2.11. The van der Waals surface area contributed by atoms with E-state index >= 15 is 0 Å². The summed E-state index contributed by atoms with van der Waals surface area (Å²) < 4.78 is 0. The van der Waals surface area contributed by atoms with Crippen LogP contribution in [0.25, 0.3) is 0 Å². The summed E-state index contributed by atoms with van der Waals surface area (Å²) in [5, 5.41) is 21.7. The summed E-state index contributed by atoms with van der Waals surface area (Å²) in [4.78, 5) is 0. The first kappa shape index (κ1) is 34.9. The van der Waals surface area contributed by atoms with Crippen molar-refractivity contribution >= 4 is 11.4 Å². The number of hydrogen-bond acceptors (Lipinski definition) is 4. The fourth-order valence-corrected chi connectivity index (χ4v) is 6.13. The lowest BCUT2D eigenvalue weighted by atomic mass is 9.92. The fourth-order valence-electron chi connectivity index (χ4n) is 6.13. The van der Waals surface area contributed by atoms with E-state index in [2.05, 4.69) is 94.6 Å². The van der Waals surface area contributed by atoms with Gasteiger partial charge in [0.2, 0.25) is 0 Å². The molecule has 0 spiro atoms. The van der Waals surface area contributed by atoms with E-state index in [9.17, 15) is 0 Å². The standard InChI is InChI=1S/C42H52N6/c1-3-5-7-9-15-37-33-40(24-18-36-21-27-42(28-22-36)44-46-48-31-13-14-32-48)38(16-10-8-6-4-2)34-39(37)23-17-35-19-25-41(26-20-35)43-45-47-29-11-12-30-47/h19-22,25-28,33-34H,3-16,29-32H2,1-2H3. The summed E-state index contributed by atoms with van der Waals surface area (Å²) in [5.74, 6) is 14.0. The predicted molar refractivity (Wildman–Crippen MR) is 198 cm³/mol. The highest BCUT2D eigenvalue weighted by atomic mass is 15.5. The molecule has 6 nitrogen and oxygen atoms in total. The van der Waals surface area contributed by atoms with E-state index in [0.717, 1.165) is 85.5 Å². The molecule has 0 unspecified atom stereocenters. The SMILES string of the molecule is CCCCCCc1cc(C#Cc2ccc(N=NN3CCCC3)cc2)c(CCCCCC)cc1C#Cc1ccc(N=NN2CCCC2)cc1. The predicted octanol–water partition coefficient (Wildman–Crippen LogP) is 10.9. The van der Waals surface area contributed by atoms with Gasteiger partial charge in [-0.2, -0.15) is 0 Å². The Kier molecular flexibility index (Phi) is 14.1. The number of unbranched alkanes of at least 4 members (excludes halogenated alkanes) is 6. The van der Waals surface area contributed by atoms with Gasteiger partial charge in [0.05, 0.1) is 11.4 Å². The van der Waals surface area contributed by atoms with Gasteiger partial charge in [0.15, 0.2) is 0 Å². The van der Waals surface area contributed by atoms with Crippen molar-refractivity contribution in [3.8, 4) is 23.7 Å². The first-order chi connectivity index (χ1) is 23.7. The molecule has 5 rings (SSSR count). The molecular weight excluding hydrogens is 589 g/mol. The number of nitrogens with zero attached hydrogens (tertiary/aromatic N) is 6. The molecule has 0 atom stereocenters. The Hall–Kier alpha value is -4.42. The largest absolute Gasteiger partial charge is 0.278 e. The van der Waals surface area contributed by atoms with Crippen LogP contribution in [0.4, 0.5) is 11.4 Å². The van der Waals surface area contributed by atoms with Gasteiger partial charge >= 0.3 is 0 Å². The molecule has 3 aromatic carbocycles. The van der Waals surface area contributed by atoms with Crippen molar-refractivity contribution in [2.24, 2.45) is 20.7 Å². The Morgan fingerprint density at radius 1 is 0.500 bits per heavy atom. The van der Waals surface area contributed by atoms with E-state index in [1.807, 2.05) is 34.3 Å². The summed E-state index contributed by atoms with van der Waals surface area (Å²) in [6.45, 7) is 8.52. The number of benzene rings is 3. The zero-order valence-corrected chi connectivity index (χ0v) is 29.2. The van der Waals surface area contributed by atoms with Crippen LogP contribution < -0.4 is 0 Å². The molecule has 2 fully saturated rings. The number of hydrogen-bond donors (Lipinski definition) is 0. The first-order valence-electron chi connectivity index (χ1n) is 18.4. The van der Waals surface area contributed by atoms with Crippen LogP contribution in [-0.4, -0.2) is 36.2 Å². The van der Waals surface area contributed by atoms with Crippen LogP contribution in [0, 0.1) is 23.7 Å². The van der Waals surface area contributed by atoms with Crippen molar-refractivity contribution in [2.45, 2.75) is 104 Å². The van der Waals surface area contributed by atoms with Crippen LogP contribution in [0.3, 0.4) is 0 Å². The van der Waals surface area contributed by atoms with Crippen molar-refractivity contribution in [2.75, 3.05) is 26.2 Å². The van der Waals surface area contributed by atoms with Crippen LogP contribution in [0.5, 0.6) is 0 Å². The summed E-state index contributed by atoms with van der Waals surface area (Å²) in [5.41, 5.74) is 8.57. The Labute approximate surface area is 289 Å². The summed E-state index contributed by atoms with van der Waals surface area (Å²) in [7, 11) is 0. The van der Waals surface area contributed by atoms with Gasteiger partial charge in [-0.1, -0.05) is 86.5 Å². The highest BCUT2D eigenvalue weighted by molar-refractivity contribution is 5.56. The molecule has 0 saturated carbocycles. The minimum Gasteiger partial charge on any atom is -0.278 e. The quantitative estimate of drug-likeness (QED) is 0.1000. The summed E-state index contributed by atoms with van der Waals surface area (Å²) >= 11 is 0. The molecule has 2 aliphatic rings. The van der Waals surface area contributed by atoms with Crippen molar-refractivity contribution < 1.29 is 0 Å². The monoisotopic (exact) mass is 640 g/mol. The van der Waals surface area contributed by atoms with Gasteiger partial charge in [-0.25, -0.2) is 0 Å². The normalized spacial score (nSPS) is 14.5. The third-order valence-corrected chi connectivity index (χ3v) is 9.08. The van der Waals surface area contributed by atoms with E-state index in [0.29, 0.717) is 0 Å². The molecule has 250 valence electrons. The van der Waals surface area contributed by atoms with Gasteiger partial charge in [-0.05, 0) is 123 Å². The minimum atomic E-state index is 0.863. The van der Waals surface area contributed by atoms with Crippen LogP contribution in [-0.2, 0) is 12.8 Å². The minimum absolute atomic E-state index is 0.863. The molecule has 2 aliphatic heterocycles. The van der Waals surface area contributed by atoms with Crippen molar-refractivity contribution in [3.05, 3.63) is 94.0 Å². The van der Waals surface area contributed by atoms with Gasteiger partial charge in [0, 0.05) is 48.4 Å². The summed E-state index contributed by atoms with van der Waals surface area (Å²) in [6, 6.07) is 20.9. The van der Waals surface area contributed by atoms with E-state index in [1.165, 1.54) is 75.3 Å². The maximum absolute atomic E-state index is 4.42. The Balaban J connectivity index is 1.38. The Bertz CT molecular complexity index is 1480. The molecule has 2 heterocycles. The molecule has 0 aromatic heterocycles. The maximum Gasteiger partial charge on any atom is 0.0875 e. The van der Waals surface area contributed by atoms with Crippen LogP contribution in [0.15, 0.2) is 81.3 Å². The molecule has 0 aliphatic carbocycles. The zero-order valence-electron chi connectivity index (χ0n) is 29.2. The van der Waals surface area contributed by atoms with Gasteiger partial charge in [0.25, 0.3) is 0 Å². The molecular formula is C42H52N6. The van der Waals surface area contributed by atoms with E-state index in [1.54, 1.807) is 0 Å². The number of aryl methyl sites for hydroxylation is 2. The van der Waals surface area contributed by atoms with E-state index in [-0.39, 0.29) is 0 Å². The smallest absolute Gasteiger partial charge is 0.0875 e. The maximum atomic E-state index is 4.42. The second kappa shape index (κ2) is 19.4. The Morgan fingerprint density at radius 2 is 0.896 bits per heavy atom. The lowest BCUT2D eigenvalue weighted by Crippen LogP contribution is -2.09. The van der Waals surface area contributed by atoms with Crippen LogP contribution >= 0.6 is 0 Å². The molecule has 2 saturated heterocycles. The molecule has 0 bridgehead atoms. The van der Waals surface area contributed by atoms with Gasteiger partial charge in [-0.3, -0.25) is 10.0 Å². The number of rotatable bonds is 14. The molecule has 0 radical (unpaired) electrons. The lowest BCUT2D eigenvalue weighted by Gasteiger charge is -2.12. The van der Waals surface area contributed by atoms with E-state index < -0.39 is 0 Å². The average Bonchev–Trinajstić information content (AvgIpc) is 3.85. The second-order valence-electron chi connectivity index (χ2n) is 13.1. The van der Waals surface area contributed by atoms with Crippen molar-refractivity contribution in [3.63, 3.8) is 0 Å². The van der Waals surface area contributed by atoms with Crippen LogP contribution in [0.1, 0.15) is 124 Å².